The zero-order chi connectivity index (χ0) is 19.3. The van der Waals surface area contributed by atoms with Crippen molar-refractivity contribution in [2.45, 2.75) is 19.8 Å². The van der Waals surface area contributed by atoms with Crippen molar-refractivity contribution in [3.8, 4) is 5.69 Å². The molecule has 4 rings (SSSR count). The van der Waals surface area contributed by atoms with Crippen molar-refractivity contribution in [3.63, 3.8) is 0 Å². The highest BCUT2D eigenvalue weighted by Crippen LogP contribution is 2.31. The number of aromatic nitrogens is 1. The lowest BCUT2D eigenvalue weighted by Gasteiger charge is -2.33. The van der Waals surface area contributed by atoms with E-state index < -0.39 is 23.2 Å². The SMILES string of the molecule is CC1CCN(c2ccc(F)cc2-n2c(N)c3c(cc2=O)C(=O)NC3=O)CC1. The van der Waals surface area contributed by atoms with E-state index in [9.17, 15) is 18.8 Å². The summed E-state index contributed by atoms with van der Waals surface area (Å²) in [4.78, 5) is 38.7. The van der Waals surface area contributed by atoms with Crippen molar-refractivity contribution in [1.29, 1.82) is 0 Å². The van der Waals surface area contributed by atoms with Crippen molar-refractivity contribution >= 4 is 23.3 Å². The van der Waals surface area contributed by atoms with Crippen LogP contribution >= 0.6 is 0 Å². The van der Waals surface area contributed by atoms with Gasteiger partial charge in [-0.2, -0.15) is 0 Å². The Morgan fingerprint density at radius 2 is 1.78 bits per heavy atom. The number of carbonyl (C=O) groups is 2. The Labute approximate surface area is 154 Å². The second kappa shape index (κ2) is 6.22. The van der Waals surface area contributed by atoms with Crippen molar-refractivity contribution in [2.75, 3.05) is 23.7 Å². The number of imide groups is 1. The van der Waals surface area contributed by atoms with Crippen LogP contribution in [0.2, 0.25) is 0 Å². The maximum absolute atomic E-state index is 14.0. The van der Waals surface area contributed by atoms with E-state index in [2.05, 4.69) is 17.1 Å². The smallest absolute Gasteiger partial charge is 0.262 e. The largest absolute Gasteiger partial charge is 0.384 e. The fourth-order valence-corrected chi connectivity index (χ4v) is 3.72. The number of nitrogens with one attached hydrogen (secondary N) is 1. The number of carbonyl (C=O) groups excluding carboxylic acids is 2. The average Bonchev–Trinajstić information content (AvgIpc) is 2.90. The predicted octanol–water partition coefficient (Wildman–Crippen LogP) is 1.68. The van der Waals surface area contributed by atoms with Gasteiger partial charge in [0, 0.05) is 25.2 Å². The highest BCUT2D eigenvalue weighted by molar-refractivity contribution is 6.23. The molecule has 7 nitrogen and oxygen atoms in total. The molecule has 2 aliphatic rings. The van der Waals surface area contributed by atoms with E-state index in [1.54, 1.807) is 6.07 Å². The zero-order valence-corrected chi connectivity index (χ0v) is 14.8. The van der Waals surface area contributed by atoms with Crippen molar-refractivity contribution in [2.24, 2.45) is 5.92 Å². The molecule has 1 aromatic carbocycles. The van der Waals surface area contributed by atoms with Crippen LogP contribution in [0, 0.1) is 11.7 Å². The third-order valence-corrected chi connectivity index (χ3v) is 5.26. The molecule has 0 spiro atoms. The molecule has 0 radical (unpaired) electrons. The molecule has 140 valence electrons. The molecular weight excluding hydrogens is 351 g/mol. The van der Waals surface area contributed by atoms with Crippen LogP contribution in [0.15, 0.2) is 29.1 Å². The van der Waals surface area contributed by atoms with Crippen LogP contribution < -0.4 is 21.5 Å². The molecule has 27 heavy (non-hydrogen) atoms. The Hall–Kier alpha value is -3.16. The number of nitrogens with two attached hydrogens (primary N) is 1. The Bertz CT molecular complexity index is 1020. The van der Waals surface area contributed by atoms with E-state index in [0.29, 0.717) is 11.6 Å². The number of amides is 2. The van der Waals surface area contributed by atoms with Crippen molar-refractivity contribution in [3.05, 3.63) is 51.6 Å². The molecule has 2 aromatic rings. The number of hydrogen-bond acceptors (Lipinski definition) is 5. The Balaban J connectivity index is 1.91. The summed E-state index contributed by atoms with van der Waals surface area (Å²) in [7, 11) is 0. The van der Waals surface area contributed by atoms with Crippen molar-refractivity contribution in [1.82, 2.24) is 9.88 Å². The number of pyridine rings is 1. The van der Waals surface area contributed by atoms with E-state index in [1.165, 1.54) is 12.1 Å². The van der Waals surface area contributed by atoms with Gasteiger partial charge >= 0.3 is 0 Å². The summed E-state index contributed by atoms with van der Waals surface area (Å²) in [5.74, 6) is -1.40. The maximum atomic E-state index is 14.0. The quantitative estimate of drug-likeness (QED) is 0.784. The van der Waals surface area contributed by atoms with E-state index in [1.807, 2.05) is 0 Å². The standard InChI is InChI=1S/C19H19FN4O3/c1-10-4-6-23(7-5-10)13-3-2-11(20)8-14(13)24-15(25)9-12-16(17(24)21)19(27)22-18(12)26/h2-3,8-10H,4-7,21H2,1H3,(H,22,26,27). The van der Waals surface area contributed by atoms with Crippen molar-refractivity contribution < 1.29 is 14.0 Å². The molecule has 2 aliphatic heterocycles. The number of nitrogen functional groups attached to an aromatic ring is 1. The Kier molecular flexibility index (Phi) is 3.98. The molecule has 1 fully saturated rings. The van der Waals surface area contributed by atoms with Gasteiger partial charge in [0.25, 0.3) is 17.4 Å². The molecule has 2 amide bonds. The minimum absolute atomic E-state index is 0.0523. The van der Waals surface area contributed by atoms with E-state index in [0.717, 1.165) is 36.6 Å². The number of rotatable bonds is 2. The first-order chi connectivity index (χ1) is 12.9. The first-order valence-corrected chi connectivity index (χ1v) is 8.83. The number of anilines is 2. The molecule has 0 saturated carbocycles. The first-order valence-electron chi connectivity index (χ1n) is 8.83. The monoisotopic (exact) mass is 370 g/mol. The highest BCUT2D eigenvalue weighted by Gasteiger charge is 2.32. The summed E-state index contributed by atoms with van der Waals surface area (Å²) in [5, 5.41) is 2.13. The van der Waals surface area contributed by atoms with Crippen LogP contribution in [0.1, 0.15) is 40.5 Å². The predicted molar refractivity (Wildman–Crippen MR) is 98.8 cm³/mol. The molecule has 0 bridgehead atoms. The van der Waals surface area contributed by atoms with Crippen LogP contribution in [0.4, 0.5) is 15.9 Å². The van der Waals surface area contributed by atoms with Crippen LogP contribution in [0.3, 0.4) is 0 Å². The highest BCUT2D eigenvalue weighted by atomic mass is 19.1. The number of halogens is 1. The second-order valence-electron chi connectivity index (χ2n) is 7.08. The topological polar surface area (TPSA) is 97.4 Å². The van der Waals surface area contributed by atoms with Gasteiger partial charge in [0.2, 0.25) is 0 Å². The average molecular weight is 370 g/mol. The minimum Gasteiger partial charge on any atom is -0.384 e. The summed E-state index contributed by atoms with van der Waals surface area (Å²) in [6.07, 6.45) is 1.98. The first kappa shape index (κ1) is 17.3. The van der Waals surface area contributed by atoms with E-state index in [-0.39, 0.29) is 22.6 Å². The van der Waals surface area contributed by atoms with E-state index >= 15 is 0 Å². The van der Waals surface area contributed by atoms with Gasteiger partial charge < -0.3 is 10.6 Å². The normalized spacial score (nSPS) is 17.2. The Morgan fingerprint density at radius 1 is 1.07 bits per heavy atom. The fraction of sp³-hybridized carbons (Fsp3) is 0.316. The third-order valence-electron chi connectivity index (χ3n) is 5.26. The number of benzene rings is 1. The zero-order valence-electron chi connectivity index (χ0n) is 14.8. The minimum atomic E-state index is -0.661. The molecular formula is C19H19FN4O3. The third kappa shape index (κ3) is 2.77. The summed E-state index contributed by atoms with van der Waals surface area (Å²) >= 11 is 0. The molecule has 1 saturated heterocycles. The molecule has 0 aliphatic carbocycles. The van der Waals surface area contributed by atoms with Gasteiger partial charge in [-0.05, 0) is 30.9 Å². The summed E-state index contributed by atoms with van der Waals surface area (Å²) in [6.45, 7) is 3.73. The Morgan fingerprint density at radius 3 is 2.48 bits per heavy atom. The van der Waals surface area contributed by atoms with Gasteiger partial charge in [0.1, 0.15) is 11.6 Å². The van der Waals surface area contributed by atoms with E-state index in [4.69, 9.17) is 5.73 Å². The van der Waals surface area contributed by atoms with Gasteiger partial charge in [0.05, 0.1) is 22.5 Å². The van der Waals surface area contributed by atoms with Crippen LogP contribution in [0.25, 0.3) is 5.69 Å². The maximum Gasteiger partial charge on any atom is 0.262 e. The molecule has 0 unspecified atom stereocenters. The van der Waals surface area contributed by atoms with Gasteiger partial charge in [-0.3, -0.25) is 24.3 Å². The summed E-state index contributed by atoms with van der Waals surface area (Å²) in [5.41, 5.74) is 6.34. The molecule has 8 heteroatoms. The second-order valence-corrected chi connectivity index (χ2v) is 7.08. The van der Waals surface area contributed by atoms with Gasteiger partial charge in [-0.25, -0.2) is 4.39 Å². The lowest BCUT2D eigenvalue weighted by atomic mass is 9.98. The molecule has 3 N–H and O–H groups in total. The summed E-state index contributed by atoms with van der Waals surface area (Å²) in [6, 6.07) is 5.25. The lowest BCUT2D eigenvalue weighted by molar-refractivity contribution is 0.0880. The van der Waals surface area contributed by atoms with Gasteiger partial charge in [0.15, 0.2) is 0 Å². The molecule has 3 heterocycles. The van der Waals surface area contributed by atoms with Gasteiger partial charge in [-0.15, -0.1) is 0 Å². The number of hydrogen-bond donors (Lipinski definition) is 2. The number of piperidine rings is 1. The number of fused-ring (bicyclic) bond motifs is 1. The van der Waals surface area contributed by atoms with Crippen LogP contribution in [0.5, 0.6) is 0 Å². The number of nitrogens with zero attached hydrogens (tertiary/aromatic N) is 2. The van der Waals surface area contributed by atoms with Crippen LogP contribution in [-0.2, 0) is 0 Å². The molecule has 1 aromatic heterocycles. The van der Waals surface area contributed by atoms with Crippen LogP contribution in [-0.4, -0.2) is 29.5 Å². The fourth-order valence-electron chi connectivity index (χ4n) is 3.72. The molecule has 0 atom stereocenters. The van der Waals surface area contributed by atoms with Gasteiger partial charge in [-0.1, -0.05) is 6.92 Å². The summed E-state index contributed by atoms with van der Waals surface area (Å²) < 4.78 is 15.1. The lowest BCUT2D eigenvalue weighted by Crippen LogP contribution is -2.34.